The van der Waals surface area contributed by atoms with Crippen molar-refractivity contribution in [2.75, 3.05) is 11.9 Å². The first-order valence-electron chi connectivity index (χ1n) is 6.20. The zero-order chi connectivity index (χ0) is 15.9. The third-order valence-corrected chi connectivity index (χ3v) is 2.76. The average Bonchev–Trinajstić information content (AvgIpc) is 2.47. The second-order valence-corrected chi connectivity index (χ2v) is 4.67. The lowest BCUT2D eigenvalue weighted by Crippen LogP contribution is -2.17. The van der Waals surface area contributed by atoms with E-state index in [0.717, 1.165) is 6.07 Å². The number of anilines is 1. The predicted octanol–water partition coefficient (Wildman–Crippen LogP) is 3.61. The van der Waals surface area contributed by atoms with E-state index in [4.69, 9.17) is 16.4 Å². The lowest BCUT2D eigenvalue weighted by Gasteiger charge is -2.05. The molecule has 1 amide bonds. The van der Waals surface area contributed by atoms with Crippen molar-refractivity contribution in [3.8, 4) is 0 Å². The highest BCUT2D eigenvalue weighted by Gasteiger charge is 2.07. The number of carbonyl (C=O) groups excluding carboxylic acids is 1. The van der Waals surface area contributed by atoms with Crippen LogP contribution in [-0.4, -0.2) is 18.7 Å². The zero-order valence-corrected chi connectivity index (χ0v) is 12.0. The van der Waals surface area contributed by atoms with Crippen LogP contribution < -0.4 is 5.32 Å². The molecule has 0 aliphatic rings. The fourth-order valence-corrected chi connectivity index (χ4v) is 1.72. The van der Waals surface area contributed by atoms with Gasteiger partial charge in [-0.05, 0) is 35.9 Å². The maximum atomic E-state index is 13.5. The summed E-state index contributed by atoms with van der Waals surface area (Å²) in [5.74, 6) is -1.64. The number of nitrogens with zero attached hydrogens (tertiary/aromatic N) is 1. The molecule has 0 aliphatic heterocycles. The summed E-state index contributed by atoms with van der Waals surface area (Å²) in [7, 11) is 0. The molecule has 0 saturated carbocycles. The minimum absolute atomic E-state index is 0.00731. The molecule has 7 heteroatoms. The monoisotopic (exact) mass is 324 g/mol. The smallest absolute Gasteiger partial charge is 0.265 e. The summed E-state index contributed by atoms with van der Waals surface area (Å²) < 4.78 is 26.4. The maximum absolute atomic E-state index is 13.5. The second-order valence-electron chi connectivity index (χ2n) is 4.24. The lowest BCUT2D eigenvalue weighted by molar-refractivity contribution is -0.120. The van der Waals surface area contributed by atoms with E-state index in [1.807, 2.05) is 0 Å². The average molecular weight is 325 g/mol. The highest BCUT2D eigenvalue weighted by Crippen LogP contribution is 2.18. The highest BCUT2D eigenvalue weighted by molar-refractivity contribution is 6.30. The van der Waals surface area contributed by atoms with Gasteiger partial charge in [-0.15, -0.1) is 0 Å². The van der Waals surface area contributed by atoms with Crippen LogP contribution in [0.1, 0.15) is 5.56 Å². The second kappa shape index (κ2) is 7.51. The lowest BCUT2D eigenvalue weighted by atomic mass is 10.2. The molecule has 0 unspecified atom stereocenters. The Hall–Kier alpha value is -2.47. The molecule has 2 rings (SSSR count). The van der Waals surface area contributed by atoms with Crippen molar-refractivity contribution in [3.05, 3.63) is 64.7 Å². The van der Waals surface area contributed by atoms with Crippen molar-refractivity contribution in [1.29, 1.82) is 0 Å². The summed E-state index contributed by atoms with van der Waals surface area (Å²) in [4.78, 5) is 16.3. The minimum Gasteiger partial charge on any atom is -0.386 e. The van der Waals surface area contributed by atoms with Crippen molar-refractivity contribution < 1.29 is 18.4 Å². The minimum atomic E-state index is -0.649. The first-order valence-corrected chi connectivity index (χ1v) is 6.58. The molecule has 2 aromatic rings. The van der Waals surface area contributed by atoms with Crippen LogP contribution in [-0.2, 0) is 9.63 Å². The van der Waals surface area contributed by atoms with Crippen LogP contribution in [0, 0.1) is 11.6 Å². The van der Waals surface area contributed by atoms with Crippen LogP contribution in [0.3, 0.4) is 0 Å². The molecule has 0 atom stereocenters. The Kier molecular flexibility index (Phi) is 5.43. The van der Waals surface area contributed by atoms with Gasteiger partial charge in [0.2, 0.25) is 0 Å². The fraction of sp³-hybridized carbons (Fsp3) is 0.0667. The van der Waals surface area contributed by atoms with Crippen molar-refractivity contribution in [3.63, 3.8) is 0 Å². The Morgan fingerprint density at radius 1 is 1.27 bits per heavy atom. The van der Waals surface area contributed by atoms with Gasteiger partial charge in [-0.3, -0.25) is 4.79 Å². The van der Waals surface area contributed by atoms with E-state index in [1.54, 1.807) is 6.07 Å². The van der Waals surface area contributed by atoms with Crippen molar-refractivity contribution in [1.82, 2.24) is 0 Å². The summed E-state index contributed by atoms with van der Waals surface area (Å²) in [6.45, 7) is -0.409. The summed E-state index contributed by atoms with van der Waals surface area (Å²) in [5.41, 5.74) is 0.483. The number of carbonyl (C=O) groups is 1. The van der Waals surface area contributed by atoms with E-state index >= 15 is 0 Å². The topological polar surface area (TPSA) is 50.7 Å². The van der Waals surface area contributed by atoms with Gasteiger partial charge in [-0.25, -0.2) is 8.78 Å². The Morgan fingerprint density at radius 2 is 2.09 bits per heavy atom. The third-order valence-electron chi connectivity index (χ3n) is 2.53. The van der Waals surface area contributed by atoms with Crippen LogP contribution in [0.25, 0.3) is 0 Å². The van der Waals surface area contributed by atoms with Crippen LogP contribution in [0.2, 0.25) is 5.02 Å². The molecule has 4 nitrogen and oxygen atoms in total. The van der Waals surface area contributed by atoms with Crippen LogP contribution >= 0.6 is 11.6 Å². The van der Waals surface area contributed by atoms with E-state index in [9.17, 15) is 13.6 Å². The molecule has 0 aliphatic carbocycles. The van der Waals surface area contributed by atoms with E-state index < -0.39 is 24.1 Å². The predicted molar refractivity (Wildman–Crippen MR) is 80.0 cm³/mol. The Balaban J connectivity index is 1.83. The molecule has 2 aromatic carbocycles. The van der Waals surface area contributed by atoms with Crippen molar-refractivity contribution >= 4 is 29.4 Å². The molecular formula is C15H11ClF2N2O2. The van der Waals surface area contributed by atoms with E-state index in [2.05, 4.69) is 10.5 Å². The quantitative estimate of drug-likeness (QED) is 0.674. The summed E-state index contributed by atoms with van der Waals surface area (Å²) >= 11 is 5.60. The number of hydrogen-bond donors (Lipinski definition) is 1. The molecule has 0 saturated heterocycles. The van der Waals surface area contributed by atoms with Gasteiger partial charge >= 0.3 is 0 Å². The largest absolute Gasteiger partial charge is 0.386 e. The standard InChI is InChI=1S/C15H11ClF2N2O2/c16-11-4-5-14(13(18)7-11)20-15(21)9-22-19-8-10-2-1-3-12(17)6-10/h1-8H,9H2,(H,20,21)/b19-8-. The van der Waals surface area contributed by atoms with Crippen LogP contribution in [0.4, 0.5) is 14.5 Å². The molecule has 0 spiro atoms. The van der Waals surface area contributed by atoms with E-state index in [1.165, 1.54) is 36.5 Å². The molecule has 22 heavy (non-hydrogen) atoms. The first kappa shape index (κ1) is 15.9. The van der Waals surface area contributed by atoms with Crippen LogP contribution in [0.15, 0.2) is 47.6 Å². The molecule has 114 valence electrons. The Morgan fingerprint density at radius 3 is 2.82 bits per heavy atom. The number of rotatable bonds is 5. The molecule has 0 heterocycles. The molecule has 0 bridgehead atoms. The van der Waals surface area contributed by atoms with Crippen LogP contribution in [0.5, 0.6) is 0 Å². The van der Waals surface area contributed by atoms with Gasteiger partial charge in [0, 0.05) is 5.02 Å². The molecule has 0 fully saturated rings. The summed E-state index contributed by atoms with van der Waals surface area (Å²) in [5, 5.41) is 6.08. The fourth-order valence-electron chi connectivity index (χ4n) is 1.56. The molecule has 1 N–H and O–H groups in total. The number of halogens is 3. The van der Waals surface area contributed by atoms with Gasteiger partial charge in [-0.1, -0.05) is 28.9 Å². The van der Waals surface area contributed by atoms with Gasteiger partial charge in [0.25, 0.3) is 5.91 Å². The number of nitrogens with one attached hydrogen (secondary N) is 1. The SMILES string of the molecule is O=C(CO/N=C\c1cccc(F)c1)Nc1ccc(Cl)cc1F. The van der Waals surface area contributed by atoms with Gasteiger partial charge in [0.1, 0.15) is 11.6 Å². The molecular weight excluding hydrogens is 314 g/mol. The number of oxime groups is 1. The van der Waals surface area contributed by atoms with Crippen molar-refractivity contribution in [2.45, 2.75) is 0 Å². The maximum Gasteiger partial charge on any atom is 0.265 e. The molecule has 0 aromatic heterocycles. The normalized spacial score (nSPS) is 10.7. The van der Waals surface area contributed by atoms with E-state index in [0.29, 0.717) is 5.56 Å². The third kappa shape index (κ3) is 4.82. The van der Waals surface area contributed by atoms with Crippen molar-refractivity contribution in [2.24, 2.45) is 5.16 Å². The Bertz CT molecular complexity index is 708. The van der Waals surface area contributed by atoms with E-state index in [-0.39, 0.29) is 10.7 Å². The number of hydrogen-bond acceptors (Lipinski definition) is 3. The van der Waals surface area contributed by atoms with Gasteiger partial charge in [0.05, 0.1) is 11.9 Å². The number of amides is 1. The summed E-state index contributed by atoms with van der Waals surface area (Å²) in [6, 6.07) is 9.57. The van der Waals surface area contributed by atoms with Gasteiger partial charge in [0.15, 0.2) is 6.61 Å². The van der Waals surface area contributed by atoms with Gasteiger partial charge in [-0.2, -0.15) is 0 Å². The zero-order valence-electron chi connectivity index (χ0n) is 11.2. The Labute approximate surface area is 130 Å². The first-order chi connectivity index (χ1) is 10.5. The van der Waals surface area contributed by atoms with Gasteiger partial charge < -0.3 is 10.2 Å². The number of benzene rings is 2. The molecule has 0 radical (unpaired) electrons. The highest BCUT2D eigenvalue weighted by atomic mass is 35.5. The summed E-state index contributed by atoms with van der Waals surface area (Å²) in [6.07, 6.45) is 1.26.